The van der Waals surface area contributed by atoms with E-state index in [1.165, 1.54) is 14.0 Å². The van der Waals surface area contributed by atoms with Crippen LogP contribution in [0.1, 0.15) is 20.8 Å². The molecule has 0 aliphatic heterocycles. The van der Waals surface area contributed by atoms with Gasteiger partial charge < -0.3 is 10.4 Å². The highest BCUT2D eigenvalue weighted by Crippen LogP contribution is 1.74. The third kappa shape index (κ3) is 7.43. The van der Waals surface area contributed by atoms with Gasteiger partial charge in [-0.25, -0.2) is 0 Å². The fourth-order valence-electron chi connectivity index (χ4n) is 0.209. The molecule has 0 aliphatic carbocycles. The van der Waals surface area contributed by atoms with Gasteiger partial charge in [-0.3, -0.25) is 4.79 Å². The number of aliphatic hydroxyl groups is 1. The Kier molecular flexibility index (Phi) is 9.29. The summed E-state index contributed by atoms with van der Waals surface area (Å²) in [5.74, 6) is -0.347. The fraction of sp³-hybridized carbons (Fsp3) is 0.833. The highest BCUT2D eigenvalue weighted by atomic mass is 16.3. The summed E-state index contributed by atoms with van der Waals surface area (Å²) in [5, 5.41) is 10.7. The predicted molar refractivity (Wildman–Crippen MR) is 37.1 cm³/mol. The van der Waals surface area contributed by atoms with Crippen molar-refractivity contribution in [1.29, 1.82) is 0 Å². The monoisotopic (exact) mass is 133 g/mol. The zero-order chi connectivity index (χ0) is 7.86. The first kappa shape index (κ1) is 11.3. The number of rotatable bonds is 1. The molecule has 0 rings (SSSR count). The Labute approximate surface area is 56.1 Å². The lowest BCUT2D eigenvalue weighted by Gasteiger charge is -1.98. The predicted octanol–water partition coefficient (Wildman–Crippen LogP) is 0.139. The molecule has 0 aromatic heterocycles. The Morgan fingerprint density at radius 1 is 1.56 bits per heavy atom. The minimum atomic E-state index is -0.884. The molecule has 0 spiro atoms. The normalized spacial score (nSPS) is 10.8. The van der Waals surface area contributed by atoms with Gasteiger partial charge in [-0.1, -0.05) is 13.8 Å². The number of likely N-dealkylation sites (N-methyl/N-ethyl adjacent to an activating group) is 1. The lowest BCUT2D eigenvalue weighted by molar-refractivity contribution is -0.127. The molecule has 0 aromatic carbocycles. The van der Waals surface area contributed by atoms with Crippen molar-refractivity contribution < 1.29 is 9.90 Å². The Bertz CT molecular complexity index is 71.5. The zero-order valence-corrected chi connectivity index (χ0v) is 6.43. The second kappa shape index (κ2) is 7.43. The van der Waals surface area contributed by atoms with E-state index in [1.807, 2.05) is 13.8 Å². The van der Waals surface area contributed by atoms with Crippen LogP contribution in [0.5, 0.6) is 0 Å². The molecule has 0 fully saturated rings. The Morgan fingerprint density at radius 3 is 1.89 bits per heavy atom. The molecular weight excluding hydrogens is 118 g/mol. The van der Waals surface area contributed by atoms with Crippen LogP contribution < -0.4 is 5.32 Å². The molecule has 0 radical (unpaired) electrons. The van der Waals surface area contributed by atoms with Crippen LogP contribution in [-0.4, -0.2) is 24.2 Å². The van der Waals surface area contributed by atoms with Crippen LogP contribution in [0.15, 0.2) is 0 Å². The third-order valence-electron chi connectivity index (χ3n) is 0.626. The molecule has 0 aliphatic rings. The molecule has 1 amide bonds. The van der Waals surface area contributed by atoms with Crippen molar-refractivity contribution in [2.45, 2.75) is 26.9 Å². The summed E-state index contributed by atoms with van der Waals surface area (Å²) < 4.78 is 0. The minimum Gasteiger partial charge on any atom is -0.384 e. The van der Waals surface area contributed by atoms with Crippen molar-refractivity contribution in [1.82, 2.24) is 5.32 Å². The molecule has 0 aromatic rings. The van der Waals surface area contributed by atoms with Gasteiger partial charge in [0, 0.05) is 7.05 Å². The molecule has 2 N–H and O–H groups in total. The Morgan fingerprint density at radius 2 is 1.89 bits per heavy atom. The van der Waals surface area contributed by atoms with Crippen molar-refractivity contribution in [2.75, 3.05) is 7.05 Å². The van der Waals surface area contributed by atoms with Crippen LogP contribution in [0.25, 0.3) is 0 Å². The second-order valence-electron chi connectivity index (χ2n) is 1.29. The smallest absolute Gasteiger partial charge is 0.248 e. The lowest BCUT2D eigenvalue weighted by atomic mass is 10.4. The Balaban J connectivity index is 0. The maximum absolute atomic E-state index is 10.2. The number of carbonyl (C=O) groups is 1. The largest absolute Gasteiger partial charge is 0.384 e. The van der Waals surface area contributed by atoms with Crippen LogP contribution in [-0.2, 0) is 4.79 Å². The summed E-state index contributed by atoms with van der Waals surface area (Å²) in [7, 11) is 1.48. The SMILES string of the molecule is CC.CNC(=O)C(C)O. The van der Waals surface area contributed by atoms with Gasteiger partial charge in [0.05, 0.1) is 0 Å². The van der Waals surface area contributed by atoms with Crippen LogP contribution >= 0.6 is 0 Å². The molecule has 0 saturated carbocycles. The van der Waals surface area contributed by atoms with Gasteiger partial charge in [0.15, 0.2) is 0 Å². The van der Waals surface area contributed by atoms with Gasteiger partial charge in [-0.2, -0.15) is 0 Å². The highest BCUT2D eigenvalue weighted by Gasteiger charge is 2.02. The standard InChI is InChI=1S/C4H9NO2.C2H6/c1-3(6)4(7)5-2;1-2/h3,6H,1-2H3,(H,5,7);1-2H3. The second-order valence-corrected chi connectivity index (χ2v) is 1.29. The van der Waals surface area contributed by atoms with E-state index < -0.39 is 6.10 Å². The van der Waals surface area contributed by atoms with Crippen LogP contribution in [0.3, 0.4) is 0 Å². The molecule has 0 heterocycles. The van der Waals surface area contributed by atoms with Crippen LogP contribution in [0.2, 0.25) is 0 Å². The molecule has 1 atom stereocenters. The summed E-state index contributed by atoms with van der Waals surface area (Å²) in [5.41, 5.74) is 0. The number of amides is 1. The molecule has 1 unspecified atom stereocenters. The van der Waals surface area contributed by atoms with E-state index in [0.29, 0.717) is 0 Å². The zero-order valence-electron chi connectivity index (χ0n) is 6.43. The summed E-state index contributed by atoms with van der Waals surface area (Å²) >= 11 is 0. The minimum absolute atomic E-state index is 0.347. The molecule has 56 valence electrons. The van der Waals surface area contributed by atoms with Crippen molar-refractivity contribution in [3.8, 4) is 0 Å². The van der Waals surface area contributed by atoms with E-state index in [1.54, 1.807) is 0 Å². The third-order valence-corrected chi connectivity index (χ3v) is 0.626. The number of hydrogen-bond acceptors (Lipinski definition) is 2. The average Bonchev–Trinajstić information content (AvgIpc) is 1.91. The highest BCUT2D eigenvalue weighted by molar-refractivity contribution is 5.79. The first-order valence-electron chi connectivity index (χ1n) is 3.08. The van der Waals surface area contributed by atoms with E-state index in [2.05, 4.69) is 5.32 Å². The van der Waals surface area contributed by atoms with E-state index in [-0.39, 0.29) is 5.91 Å². The van der Waals surface area contributed by atoms with E-state index >= 15 is 0 Å². The fourth-order valence-corrected chi connectivity index (χ4v) is 0.209. The van der Waals surface area contributed by atoms with Crippen molar-refractivity contribution in [3.05, 3.63) is 0 Å². The van der Waals surface area contributed by atoms with E-state index in [4.69, 9.17) is 5.11 Å². The van der Waals surface area contributed by atoms with Gasteiger partial charge in [0.1, 0.15) is 6.10 Å². The van der Waals surface area contributed by atoms with Crippen LogP contribution in [0.4, 0.5) is 0 Å². The first-order chi connectivity index (χ1) is 4.18. The van der Waals surface area contributed by atoms with Gasteiger partial charge in [0.2, 0.25) is 5.91 Å². The first-order valence-corrected chi connectivity index (χ1v) is 3.08. The number of carbonyl (C=O) groups excluding carboxylic acids is 1. The summed E-state index contributed by atoms with van der Waals surface area (Å²) in [6.45, 7) is 5.42. The molecular formula is C6H15NO2. The summed E-state index contributed by atoms with van der Waals surface area (Å²) in [4.78, 5) is 10.2. The summed E-state index contributed by atoms with van der Waals surface area (Å²) in [6, 6.07) is 0. The van der Waals surface area contributed by atoms with E-state index in [9.17, 15) is 4.79 Å². The lowest BCUT2D eigenvalue weighted by Crippen LogP contribution is -2.28. The Hall–Kier alpha value is -0.570. The van der Waals surface area contributed by atoms with Crippen molar-refractivity contribution >= 4 is 5.91 Å². The number of nitrogens with one attached hydrogen (secondary N) is 1. The maximum Gasteiger partial charge on any atom is 0.248 e. The molecule has 3 nitrogen and oxygen atoms in total. The van der Waals surface area contributed by atoms with Crippen molar-refractivity contribution in [3.63, 3.8) is 0 Å². The van der Waals surface area contributed by atoms with Gasteiger partial charge in [0.25, 0.3) is 0 Å². The maximum atomic E-state index is 10.2. The number of hydrogen-bond donors (Lipinski definition) is 2. The van der Waals surface area contributed by atoms with Gasteiger partial charge in [-0.05, 0) is 6.92 Å². The summed E-state index contributed by atoms with van der Waals surface area (Å²) in [6.07, 6.45) is -0.884. The molecule has 0 bridgehead atoms. The number of aliphatic hydroxyl groups excluding tert-OH is 1. The topological polar surface area (TPSA) is 49.3 Å². The van der Waals surface area contributed by atoms with Gasteiger partial charge in [-0.15, -0.1) is 0 Å². The van der Waals surface area contributed by atoms with Crippen LogP contribution in [0, 0.1) is 0 Å². The van der Waals surface area contributed by atoms with E-state index in [0.717, 1.165) is 0 Å². The van der Waals surface area contributed by atoms with Gasteiger partial charge >= 0.3 is 0 Å². The molecule has 3 heteroatoms. The molecule has 9 heavy (non-hydrogen) atoms. The quantitative estimate of drug-likeness (QED) is 0.534. The molecule has 0 saturated heterocycles. The van der Waals surface area contributed by atoms with Crippen molar-refractivity contribution in [2.24, 2.45) is 0 Å². The average molecular weight is 133 g/mol.